The summed E-state index contributed by atoms with van der Waals surface area (Å²) >= 11 is 0. The molecule has 0 fully saturated rings. The molecule has 4 nitrogen and oxygen atoms in total. The van der Waals surface area contributed by atoms with Crippen LogP contribution in [0.2, 0.25) is 0 Å². The maximum Gasteiger partial charge on any atom is 0.246 e. The molecule has 1 aliphatic heterocycles. The second kappa shape index (κ2) is 4.27. The number of hydrogen-bond donors (Lipinski definition) is 2. The standard InChI is InChI=1S/C13H11FN2O2/c14-8-3-4-11-10(6-8)12(13(17)16-11)15-7-9-2-1-5-18-9/h1-6,12,15H,7H2,(H,16,17). The minimum absolute atomic E-state index is 0.179. The van der Waals surface area contributed by atoms with Gasteiger partial charge in [0.1, 0.15) is 17.6 Å². The highest BCUT2D eigenvalue weighted by molar-refractivity contribution is 6.02. The molecule has 2 heterocycles. The third-order valence-electron chi connectivity index (χ3n) is 2.91. The van der Waals surface area contributed by atoms with Crippen molar-refractivity contribution < 1.29 is 13.6 Å². The number of anilines is 1. The van der Waals surface area contributed by atoms with E-state index in [1.165, 1.54) is 12.1 Å². The number of rotatable bonds is 3. The maximum absolute atomic E-state index is 13.2. The molecule has 1 aromatic heterocycles. The van der Waals surface area contributed by atoms with Crippen LogP contribution in [-0.4, -0.2) is 5.91 Å². The number of furan rings is 1. The average molecular weight is 246 g/mol. The van der Waals surface area contributed by atoms with Crippen molar-refractivity contribution >= 4 is 11.6 Å². The van der Waals surface area contributed by atoms with Gasteiger partial charge in [0.15, 0.2) is 0 Å². The van der Waals surface area contributed by atoms with Crippen molar-refractivity contribution in [3.05, 3.63) is 53.7 Å². The van der Waals surface area contributed by atoms with Gasteiger partial charge in [-0.25, -0.2) is 4.39 Å². The highest BCUT2D eigenvalue weighted by Gasteiger charge is 2.30. The van der Waals surface area contributed by atoms with Crippen molar-refractivity contribution in [2.24, 2.45) is 0 Å². The number of fused-ring (bicyclic) bond motifs is 1. The first kappa shape index (κ1) is 11.0. The van der Waals surface area contributed by atoms with Gasteiger partial charge < -0.3 is 9.73 Å². The number of nitrogens with one attached hydrogen (secondary N) is 2. The molecule has 5 heteroatoms. The molecule has 0 saturated carbocycles. The van der Waals surface area contributed by atoms with E-state index in [0.717, 1.165) is 5.76 Å². The third kappa shape index (κ3) is 1.89. The van der Waals surface area contributed by atoms with E-state index in [9.17, 15) is 9.18 Å². The molecule has 1 unspecified atom stereocenters. The lowest BCUT2D eigenvalue weighted by molar-refractivity contribution is -0.117. The molecule has 0 spiro atoms. The largest absolute Gasteiger partial charge is 0.468 e. The van der Waals surface area contributed by atoms with Gasteiger partial charge in [0.2, 0.25) is 5.91 Å². The molecule has 2 N–H and O–H groups in total. The van der Waals surface area contributed by atoms with Crippen LogP contribution in [0.5, 0.6) is 0 Å². The Morgan fingerprint density at radius 2 is 2.28 bits per heavy atom. The Morgan fingerprint density at radius 1 is 1.39 bits per heavy atom. The molecule has 1 aromatic carbocycles. The van der Waals surface area contributed by atoms with Crippen LogP contribution in [0.1, 0.15) is 17.4 Å². The summed E-state index contributed by atoms with van der Waals surface area (Å²) in [6.45, 7) is 0.418. The molecule has 2 aromatic rings. The van der Waals surface area contributed by atoms with E-state index in [-0.39, 0.29) is 11.7 Å². The minimum atomic E-state index is -0.541. The second-order valence-corrected chi connectivity index (χ2v) is 4.11. The number of halogens is 1. The van der Waals surface area contributed by atoms with Gasteiger partial charge in [-0.15, -0.1) is 0 Å². The molecule has 1 amide bonds. The summed E-state index contributed by atoms with van der Waals surface area (Å²) in [4.78, 5) is 11.8. The van der Waals surface area contributed by atoms with Gasteiger partial charge >= 0.3 is 0 Å². The molecule has 1 atom stereocenters. The lowest BCUT2D eigenvalue weighted by Crippen LogP contribution is -2.26. The average Bonchev–Trinajstić information content (AvgIpc) is 2.94. The maximum atomic E-state index is 13.2. The zero-order valence-corrected chi connectivity index (χ0v) is 9.44. The van der Waals surface area contributed by atoms with Gasteiger partial charge in [-0.05, 0) is 30.3 Å². The molecule has 0 aliphatic carbocycles. The Hall–Kier alpha value is -2.14. The molecule has 0 bridgehead atoms. The fourth-order valence-electron chi connectivity index (χ4n) is 2.05. The zero-order chi connectivity index (χ0) is 12.5. The van der Waals surface area contributed by atoms with Gasteiger partial charge in [0.25, 0.3) is 0 Å². The molecular formula is C13H11FN2O2. The first-order valence-corrected chi connectivity index (χ1v) is 5.60. The fourth-order valence-corrected chi connectivity index (χ4v) is 2.05. The molecule has 3 rings (SSSR count). The summed E-state index contributed by atoms with van der Waals surface area (Å²) in [6, 6.07) is 7.31. The number of hydrogen-bond acceptors (Lipinski definition) is 3. The smallest absolute Gasteiger partial charge is 0.246 e. The molecule has 92 valence electrons. The van der Waals surface area contributed by atoms with Crippen LogP contribution in [0, 0.1) is 5.82 Å². The number of amides is 1. The van der Waals surface area contributed by atoms with Gasteiger partial charge in [-0.3, -0.25) is 10.1 Å². The number of carbonyl (C=O) groups is 1. The quantitative estimate of drug-likeness (QED) is 0.873. The van der Waals surface area contributed by atoms with Gasteiger partial charge in [0, 0.05) is 11.3 Å². The van der Waals surface area contributed by atoms with E-state index in [1.54, 1.807) is 18.4 Å². The molecule has 0 radical (unpaired) electrons. The van der Waals surface area contributed by atoms with E-state index in [1.807, 2.05) is 6.07 Å². The Balaban J connectivity index is 1.80. The topological polar surface area (TPSA) is 54.3 Å². The Morgan fingerprint density at radius 3 is 3.06 bits per heavy atom. The van der Waals surface area contributed by atoms with Crippen LogP contribution in [0.3, 0.4) is 0 Å². The summed E-state index contributed by atoms with van der Waals surface area (Å²) in [5.74, 6) is 0.199. The Labute approximate surface area is 103 Å². The predicted octanol–water partition coefficient (Wildman–Crippen LogP) is 2.20. The number of benzene rings is 1. The summed E-state index contributed by atoms with van der Waals surface area (Å²) < 4.78 is 18.4. The van der Waals surface area contributed by atoms with Crippen LogP contribution in [0.4, 0.5) is 10.1 Å². The monoisotopic (exact) mass is 246 g/mol. The summed E-state index contributed by atoms with van der Waals surface area (Å²) in [5, 5.41) is 5.75. The van der Waals surface area contributed by atoms with Crippen molar-refractivity contribution in [2.75, 3.05) is 5.32 Å². The normalized spacial score (nSPS) is 17.6. The SMILES string of the molecule is O=C1Nc2ccc(F)cc2C1NCc1ccco1. The molecular weight excluding hydrogens is 235 g/mol. The highest BCUT2D eigenvalue weighted by atomic mass is 19.1. The van der Waals surface area contributed by atoms with Gasteiger partial charge in [-0.2, -0.15) is 0 Å². The summed E-state index contributed by atoms with van der Waals surface area (Å²) in [5.41, 5.74) is 1.28. The summed E-state index contributed by atoms with van der Waals surface area (Å²) in [6.07, 6.45) is 1.57. The van der Waals surface area contributed by atoms with E-state index < -0.39 is 6.04 Å². The van der Waals surface area contributed by atoms with Crippen LogP contribution in [0.15, 0.2) is 41.0 Å². The molecule has 1 aliphatic rings. The van der Waals surface area contributed by atoms with Crippen molar-refractivity contribution in [1.29, 1.82) is 0 Å². The van der Waals surface area contributed by atoms with Crippen molar-refractivity contribution in [1.82, 2.24) is 5.32 Å². The first-order valence-electron chi connectivity index (χ1n) is 5.60. The fraction of sp³-hybridized carbons (Fsp3) is 0.154. The third-order valence-corrected chi connectivity index (χ3v) is 2.91. The lowest BCUT2D eigenvalue weighted by atomic mass is 10.1. The predicted molar refractivity (Wildman–Crippen MR) is 63.3 cm³/mol. The van der Waals surface area contributed by atoms with Gasteiger partial charge in [0.05, 0.1) is 12.8 Å². The second-order valence-electron chi connectivity index (χ2n) is 4.11. The highest BCUT2D eigenvalue weighted by Crippen LogP contribution is 2.31. The Kier molecular flexibility index (Phi) is 2.60. The lowest BCUT2D eigenvalue weighted by Gasteiger charge is -2.09. The van der Waals surface area contributed by atoms with E-state index in [0.29, 0.717) is 17.8 Å². The van der Waals surface area contributed by atoms with Crippen molar-refractivity contribution in [2.45, 2.75) is 12.6 Å². The van der Waals surface area contributed by atoms with Crippen LogP contribution < -0.4 is 10.6 Å². The summed E-state index contributed by atoms with van der Waals surface area (Å²) in [7, 11) is 0. The van der Waals surface area contributed by atoms with Crippen LogP contribution in [-0.2, 0) is 11.3 Å². The van der Waals surface area contributed by atoms with E-state index in [2.05, 4.69) is 10.6 Å². The van der Waals surface area contributed by atoms with Crippen molar-refractivity contribution in [3.8, 4) is 0 Å². The van der Waals surface area contributed by atoms with Crippen molar-refractivity contribution in [3.63, 3.8) is 0 Å². The first-order chi connectivity index (χ1) is 8.74. The zero-order valence-electron chi connectivity index (χ0n) is 9.44. The van der Waals surface area contributed by atoms with Gasteiger partial charge in [-0.1, -0.05) is 0 Å². The van der Waals surface area contributed by atoms with E-state index in [4.69, 9.17) is 4.42 Å². The molecule has 0 saturated heterocycles. The van der Waals surface area contributed by atoms with Crippen LogP contribution >= 0.6 is 0 Å². The molecule has 18 heavy (non-hydrogen) atoms. The Bertz CT molecular complexity index is 581. The van der Waals surface area contributed by atoms with E-state index >= 15 is 0 Å². The minimum Gasteiger partial charge on any atom is -0.468 e. The van der Waals surface area contributed by atoms with Crippen LogP contribution in [0.25, 0.3) is 0 Å². The number of carbonyl (C=O) groups excluding carboxylic acids is 1.